The summed E-state index contributed by atoms with van der Waals surface area (Å²) in [5.74, 6) is -0.851. The number of unbranched alkanes of at least 4 members (excludes halogenated alkanes) is 40. The van der Waals surface area contributed by atoms with Crippen LogP contribution in [0, 0.1) is 0 Å². The van der Waals surface area contributed by atoms with Crippen LogP contribution >= 0.6 is 0 Å². The monoisotopic (exact) mass is 1060 g/mol. The van der Waals surface area contributed by atoms with Crippen molar-refractivity contribution < 1.29 is 28.6 Å². The van der Waals surface area contributed by atoms with Crippen LogP contribution in [0.1, 0.15) is 348 Å². The second-order valence-electron chi connectivity index (χ2n) is 22.4. The lowest BCUT2D eigenvalue weighted by atomic mass is 10.0. The molecule has 6 nitrogen and oxygen atoms in total. The van der Waals surface area contributed by atoms with E-state index in [1.165, 1.54) is 218 Å². The fraction of sp³-hybridized carbons (Fsp3) is 0.814. The first-order chi connectivity index (χ1) is 37.5. The SMILES string of the molecule is CC/C=C\C/C=C\C/C=C\C/C=C\C/C=C\CCCCCCCCCCCCCC(=O)OCC(COC(=O)CCCCCCCCCCCCC)OC(=O)CCCCCCCCCCCCCCCCCCCCCC. The van der Waals surface area contributed by atoms with Gasteiger partial charge in [0.15, 0.2) is 6.10 Å². The van der Waals surface area contributed by atoms with Crippen LogP contribution < -0.4 is 0 Å². The molecular formula is C70H126O6. The predicted octanol–water partition coefficient (Wildman–Crippen LogP) is 22.7. The van der Waals surface area contributed by atoms with Gasteiger partial charge >= 0.3 is 17.9 Å². The molecule has 6 heteroatoms. The Bertz CT molecular complexity index is 1360. The highest BCUT2D eigenvalue weighted by molar-refractivity contribution is 5.71. The van der Waals surface area contributed by atoms with E-state index in [1.54, 1.807) is 0 Å². The molecule has 0 N–H and O–H groups in total. The molecule has 0 amide bonds. The van der Waals surface area contributed by atoms with E-state index in [4.69, 9.17) is 14.2 Å². The van der Waals surface area contributed by atoms with Crippen LogP contribution in [0.15, 0.2) is 60.8 Å². The highest BCUT2D eigenvalue weighted by Gasteiger charge is 2.19. The first-order valence-corrected chi connectivity index (χ1v) is 33.3. The third-order valence-corrected chi connectivity index (χ3v) is 14.8. The molecule has 0 saturated heterocycles. The van der Waals surface area contributed by atoms with Gasteiger partial charge < -0.3 is 14.2 Å². The maximum atomic E-state index is 12.9. The van der Waals surface area contributed by atoms with E-state index in [2.05, 4.69) is 81.5 Å². The zero-order valence-electron chi connectivity index (χ0n) is 50.8. The molecule has 0 aliphatic carbocycles. The molecule has 0 spiro atoms. The molecule has 0 fully saturated rings. The summed E-state index contributed by atoms with van der Waals surface area (Å²) < 4.78 is 16.9. The van der Waals surface area contributed by atoms with Gasteiger partial charge in [-0.05, 0) is 64.2 Å². The molecule has 0 aromatic heterocycles. The summed E-state index contributed by atoms with van der Waals surface area (Å²) in [7, 11) is 0. The van der Waals surface area contributed by atoms with Crippen LogP contribution in [0.4, 0.5) is 0 Å². The zero-order valence-corrected chi connectivity index (χ0v) is 50.8. The number of rotatable bonds is 61. The topological polar surface area (TPSA) is 78.9 Å². The van der Waals surface area contributed by atoms with E-state index in [-0.39, 0.29) is 31.1 Å². The van der Waals surface area contributed by atoms with Crippen molar-refractivity contribution in [3.63, 3.8) is 0 Å². The van der Waals surface area contributed by atoms with Gasteiger partial charge in [0.2, 0.25) is 0 Å². The predicted molar refractivity (Wildman–Crippen MR) is 330 cm³/mol. The number of carbonyl (C=O) groups excluding carboxylic acids is 3. The molecule has 0 heterocycles. The van der Waals surface area contributed by atoms with Gasteiger partial charge in [0.25, 0.3) is 0 Å². The fourth-order valence-electron chi connectivity index (χ4n) is 9.83. The second-order valence-corrected chi connectivity index (χ2v) is 22.4. The van der Waals surface area contributed by atoms with E-state index in [0.717, 1.165) is 89.9 Å². The Balaban J connectivity index is 4.22. The van der Waals surface area contributed by atoms with Gasteiger partial charge in [-0.3, -0.25) is 14.4 Å². The molecule has 0 aromatic carbocycles. The number of hydrogen-bond acceptors (Lipinski definition) is 6. The lowest BCUT2D eigenvalue weighted by Gasteiger charge is -2.18. The molecule has 1 atom stereocenters. The molecule has 0 aromatic rings. The third kappa shape index (κ3) is 62.0. The van der Waals surface area contributed by atoms with Crippen molar-refractivity contribution in [3.8, 4) is 0 Å². The van der Waals surface area contributed by atoms with Crippen molar-refractivity contribution >= 4 is 17.9 Å². The smallest absolute Gasteiger partial charge is 0.306 e. The molecule has 0 aliphatic heterocycles. The Morgan fingerprint density at radius 3 is 0.803 bits per heavy atom. The van der Waals surface area contributed by atoms with E-state index in [1.807, 2.05) is 0 Å². The normalized spacial score (nSPS) is 12.4. The summed E-state index contributed by atoms with van der Waals surface area (Å²) in [6.45, 7) is 6.57. The maximum Gasteiger partial charge on any atom is 0.306 e. The van der Waals surface area contributed by atoms with Gasteiger partial charge in [-0.15, -0.1) is 0 Å². The van der Waals surface area contributed by atoms with Crippen LogP contribution in [0.3, 0.4) is 0 Å². The molecular weight excluding hydrogens is 937 g/mol. The van der Waals surface area contributed by atoms with Crippen LogP contribution in [0.2, 0.25) is 0 Å². The molecule has 1 unspecified atom stereocenters. The lowest BCUT2D eigenvalue weighted by Crippen LogP contribution is -2.30. The number of carbonyl (C=O) groups is 3. The van der Waals surface area contributed by atoms with Gasteiger partial charge in [-0.2, -0.15) is 0 Å². The summed E-state index contributed by atoms with van der Waals surface area (Å²) in [6.07, 6.45) is 82.4. The number of hydrogen-bond donors (Lipinski definition) is 0. The van der Waals surface area contributed by atoms with Gasteiger partial charge in [0.05, 0.1) is 0 Å². The van der Waals surface area contributed by atoms with E-state index < -0.39 is 6.10 Å². The lowest BCUT2D eigenvalue weighted by molar-refractivity contribution is -0.167. The average molecular weight is 1060 g/mol. The average Bonchev–Trinajstić information content (AvgIpc) is 3.42. The molecule has 442 valence electrons. The number of ether oxygens (including phenoxy) is 3. The second kappa shape index (κ2) is 64.6. The fourth-order valence-corrected chi connectivity index (χ4v) is 9.83. The molecule has 0 aliphatic rings. The van der Waals surface area contributed by atoms with Crippen LogP contribution in [-0.2, 0) is 28.6 Å². The summed E-state index contributed by atoms with van der Waals surface area (Å²) in [6, 6.07) is 0. The van der Waals surface area contributed by atoms with Gasteiger partial charge in [0, 0.05) is 19.3 Å². The quantitative estimate of drug-likeness (QED) is 0.0261. The highest BCUT2D eigenvalue weighted by atomic mass is 16.6. The Morgan fingerprint density at radius 2 is 0.513 bits per heavy atom. The van der Waals surface area contributed by atoms with Gasteiger partial charge in [-0.25, -0.2) is 0 Å². The minimum atomic E-state index is -0.772. The molecule has 0 radical (unpaired) electrons. The molecule has 0 rings (SSSR count). The van der Waals surface area contributed by atoms with Crippen molar-refractivity contribution in [2.75, 3.05) is 13.2 Å². The largest absolute Gasteiger partial charge is 0.462 e. The van der Waals surface area contributed by atoms with E-state index in [9.17, 15) is 14.4 Å². The molecule has 0 saturated carbocycles. The first kappa shape index (κ1) is 73.1. The highest BCUT2D eigenvalue weighted by Crippen LogP contribution is 2.18. The summed E-state index contributed by atoms with van der Waals surface area (Å²) in [5.41, 5.74) is 0. The maximum absolute atomic E-state index is 12.9. The summed E-state index contributed by atoms with van der Waals surface area (Å²) >= 11 is 0. The van der Waals surface area contributed by atoms with Gasteiger partial charge in [0.1, 0.15) is 13.2 Å². The van der Waals surface area contributed by atoms with Crippen LogP contribution in [-0.4, -0.2) is 37.2 Å². The van der Waals surface area contributed by atoms with Gasteiger partial charge in [-0.1, -0.05) is 326 Å². The number of esters is 3. The van der Waals surface area contributed by atoms with Crippen molar-refractivity contribution in [3.05, 3.63) is 60.8 Å². The minimum absolute atomic E-state index is 0.0692. The van der Waals surface area contributed by atoms with E-state index in [0.29, 0.717) is 19.3 Å². The standard InChI is InChI=1S/C70H126O6/c1-4-7-10-13-16-19-22-24-26-28-30-32-33-34-35-36-37-38-40-41-43-45-48-51-54-57-60-63-69(72)75-66-67(65-74-68(71)62-59-56-53-50-47-21-18-15-12-9-6-3)76-70(73)64-61-58-55-52-49-46-44-42-39-31-29-27-25-23-20-17-14-11-8-5-2/h7,10,16,19,24,26,30,32,34-35,67H,4-6,8-9,11-15,17-18,20-23,25,27-29,31,33,36-66H2,1-3H3/b10-7-,19-16-,26-24-,32-30-,35-34-. The van der Waals surface area contributed by atoms with Crippen molar-refractivity contribution in [1.82, 2.24) is 0 Å². The Labute approximate surface area is 472 Å². The zero-order chi connectivity index (χ0) is 55.0. The number of allylic oxidation sites excluding steroid dienone is 10. The first-order valence-electron chi connectivity index (χ1n) is 33.3. The van der Waals surface area contributed by atoms with E-state index >= 15 is 0 Å². The summed E-state index contributed by atoms with van der Waals surface area (Å²) in [5, 5.41) is 0. The molecule has 76 heavy (non-hydrogen) atoms. The van der Waals surface area contributed by atoms with Crippen molar-refractivity contribution in [1.29, 1.82) is 0 Å². The molecule has 0 bridgehead atoms. The Hall–Kier alpha value is -2.89. The van der Waals surface area contributed by atoms with Crippen molar-refractivity contribution in [2.45, 2.75) is 354 Å². The Morgan fingerprint density at radius 1 is 0.276 bits per heavy atom. The van der Waals surface area contributed by atoms with Crippen LogP contribution in [0.5, 0.6) is 0 Å². The third-order valence-electron chi connectivity index (χ3n) is 14.8. The van der Waals surface area contributed by atoms with Crippen molar-refractivity contribution in [2.24, 2.45) is 0 Å². The minimum Gasteiger partial charge on any atom is -0.462 e. The Kier molecular flexibility index (Phi) is 62.2. The summed E-state index contributed by atoms with van der Waals surface area (Å²) in [4.78, 5) is 38.3. The van der Waals surface area contributed by atoms with Crippen LogP contribution in [0.25, 0.3) is 0 Å².